The summed E-state index contributed by atoms with van der Waals surface area (Å²) >= 11 is 0. The van der Waals surface area contributed by atoms with Gasteiger partial charge in [0.15, 0.2) is 6.10 Å². The van der Waals surface area contributed by atoms with Gasteiger partial charge in [0, 0.05) is 12.1 Å². The minimum atomic E-state index is -0.606. The second-order valence-electron chi connectivity index (χ2n) is 4.18. The second kappa shape index (κ2) is 7.63. The molecule has 0 aromatic heterocycles. The van der Waals surface area contributed by atoms with E-state index in [1.54, 1.807) is 32.2 Å². The first-order chi connectivity index (χ1) is 9.12. The van der Waals surface area contributed by atoms with Crippen molar-refractivity contribution in [2.24, 2.45) is 0 Å². The summed E-state index contributed by atoms with van der Waals surface area (Å²) in [5.41, 5.74) is 0.592. The fraction of sp³-hybridized carbons (Fsp3) is 0.500. The molecule has 0 fully saturated rings. The van der Waals surface area contributed by atoms with Gasteiger partial charge < -0.3 is 19.9 Å². The molecule has 0 aliphatic carbocycles. The van der Waals surface area contributed by atoms with Gasteiger partial charge in [0.05, 0.1) is 13.7 Å². The molecule has 1 aromatic rings. The highest BCUT2D eigenvalue weighted by Crippen LogP contribution is 2.25. The zero-order valence-corrected chi connectivity index (χ0v) is 11.6. The van der Waals surface area contributed by atoms with Crippen LogP contribution in [0.3, 0.4) is 0 Å². The van der Waals surface area contributed by atoms with Gasteiger partial charge in [-0.25, -0.2) is 0 Å². The summed E-state index contributed by atoms with van der Waals surface area (Å²) in [6, 6.07) is 5.10. The Kier molecular flexibility index (Phi) is 6.15. The normalized spacial score (nSPS) is 11.8. The molecule has 0 aliphatic rings. The maximum atomic E-state index is 11.7. The van der Waals surface area contributed by atoms with Gasteiger partial charge in [-0.15, -0.1) is 0 Å². The largest absolute Gasteiger partial charge is 0.497 e. The average Bonchev–Trinajstić information content (AvgIpc) is 2.44. The molecule has 1 atom stereocenters. The van der Waals surface area contributed by atoms with Gasteiger partial charge in [0.25, 0.3) is 5.91 Å². The van der Waals surface area contributed by atoms with Crippen molar-refractivity contribution in [1.29, 1.82) is 0 Å². The third-order valence-electron chi connectivity index (χ3n) is 2.66. The Morgan fingerprint density at radius 1 is 1.47 bits per heavy atom. The van der Waals surface area contributed by atoms with Crippen LogP contribution < -0.4 is 14.8 Å². The highest BCUT2D eigenvalue weighted by molar-refractivity contribution is 5.80. The minimum Gasteiger partial charge on any atom is -0.497 e. The Morgan fingerprint density at radius 2 is 2.21 bits per heavy atom. The van der Waals surface area contributed by atoms with E-state index in [1.165, 1.54) is 0 Å². The first-order valence-corrected chi connectivity index (χ1v) is 6.34. The smallest absolute Gasteiger partial charge is 0.260 e. The number of hydrogen-bond acceptors (Lipinski definition) is 4. The van der Waals surface area contributed by atoms with Crippen LogP contribution in [0.5, 0.6) is 11.5 Å². The van der Waals surface area contributed by atoms with Crippen LogP contribution in [0.2, 0.25) is 0 Å². The maximum Gasteiger partial charge on any atom is 0.260 e. The van der Waals surface area contributed by atoms with Gasteiger partial charge in [0.1, 0.15) is 11.5 Å². The lowest BCUT2D eigenvalue weighted by molar-refractivity contribution is -0.127. The molecule has 0 heterocycles. The molecule has 106 valence electrons. The van der Waals surface area contributed by atoms with Gasteiger partial charge in [-0.2, -0.15) is 0 Å². The molecule has 1 unspecified atom stereocenters. The molecule has 0 saturated heterocycles. The van der Waals surface area contributed by atoms with Gasteiger partial charge in [0.2, 0.25) is 0 Å². The van der Waals surface area contributed by atoms with Crippen molar-refractivity contribution in [3.63, 3.8) is 0 Å². The zero-order valence-electron chi connectivity index (χ0n) is 11.6. The van der Waals surface area contributed by atoms with Crippen molar-refractivity contribution < 1.29 is 19.4 Å². The first kappa shape index (κ1) is 15.3. The Hall–Kier alpha value is -1.75. The van der Waals surface area contributed by atoms with Crippen LogP contribution >= 0.6 is 0 Å². The number of carbonyl (C=O) groups is 1. The fourth-order valence-corrected chi connectivity index (χ4v) is 1.56. The number of amides is 1. The summed E-state index contributed by atoms with van der Waals surface area (Å²) < 4.78 is 10.6. The molecule has 0 saturated carbocycles. The molecule has 5 nitrogen and oxygen atoms in total. The van der Waals surface area contributed by atoms with E-state index in [0.29, 0.717) is 23.6 Å². The second-order valence-corrected chi connectivity index (χ2v) is 4.18. The molecule has 19 heavy (non-hydrogen) atoms. The SMILES string of the molecule is CCCNC(=O)C(C)Oc1ccc(OC)cc1CO. The number of aliphatic hydroxyl groups is 1. The fourth-order valence-electron chi connectivity index (χ4n) is 1.56. The zero-order chi connectivity index (χ0) is 14.3. The van der Waals surface area contributed by atoms with E-state index in [2.05, 4.69) is 5.32 Å². The van der Waals surface area contributed by atoms with Crippen molar-refractivity contribution in [3.8, 4) is 11.5 Å². The van der Waals surface area contributed by atoms with Crippen molar-refractivity contribution >= 4 is 5.91 Å². The average molecular weight is 267 g/mol. The molecule has 0 aliphatic heterocycles. The lowest BCUT2D eigenvalue weighted by atomic mass is 10.2. The van der Waals surface area contributed by atoms with E-state index < -0.39 is 6.10 Å². The number of ether oxygens (including phenoxy) is 2. The Labute approximate surface area is 113 Å². The number of rotatable bonds is 7. The standard InChI is InChI=1S/C14H21NO4/c1-4-7-15-14(17)10(2)19-13-6-5-12(18-3)8-11(13)9-16/h5-6,8,10,16H,4,7,9H2,1-3H3,(H,15,17). The van der Waals surface area contributed by atoms with Gasteiger partial charge >= 0.3 is 0 Å². The summed E-state index contributed by atoms with van der Waals surface area (Å²) in [6.45, 7) is 4.12. The molecular formula is C14H21NO4. The molecule has 2 N–H and O–H groups in total. The van der Waals surface area contributed by atoms with E-state index in [4.69, 9.17) is 9.47 Å². The molecular weight excluding hydrogens is 246 g/mol. The number of methoxy groups -OCH3 is 1. The topological polar surface area (TPSA) is 67.8 Å². The summed E-state index contributed by atoms with van der Waals surface area (Å²) in [4.78, 5) is 11.7. The number of hydrogen-bond donors (Lipinski definition) is 2. The molecule has 1 amide bonds. The van der Waals surface area contributed by atoms with Crippen LogP contribution in [0.1, 0.15) is 25.8 Å². The predicted octanol–water partition coefficient (Wildman–Crippen LogP) is 1.48. The molecule has 5 heteroatoms. The summed E-state index contributed by atoms with van der Waals surface area (Å²) in [6.07, 6.45) is 0.272. The molecule has 0 spiro atoms. The third kappa shape index (κ3) is 4.44. The van der Waals surface area contributed by atoms with Gasteiger partial charge in [-0.1, -0.05) is 6.92 Å². The number of aliphatic hydroxyl groups excluding tert-OH is 1. The minimum absolute atomic E-state index is 0.165. The summed E-state index contributed by atoms with van der Waals surface area (Å²) in [7, 11) is 1.55. The first-order valence-electron chi connectivity index (χ1n) is 6.34. The Morgan fingerprint density at radius 3 is 2.79 bits per heavy atom. The Balaban J connectivity index is 2.72. The quantitative estimate of drug-likeness (QED) is 0.785. The van der Waals surface area contributed by atoms with Crippen LogP contribution in [0.25, 0.3) is 0 Å². The molecule has 1 rings (SSSR count). The van der Waals surface area contributed by atoms with Crippen LogP contribution in [-0.4, -0.2) is 30.8 Å². The highest BCUT2D eigenvalue weighted by Gasteiger charge is 2.15. The van der Waals surface area contributed by atoms with E-state index in [-0.39, 0.29) is 12.5 Å². The van der Waals surface area contributed by atoms with Crippen molar-refractivity contribution in [1.82, 2.24) is 5.32 Å². The van der Waals surface area contributed by atoms with E-state index in [0.717, 1.165) is 6.42 Å². The van der Waals surface area contributed by atoms with Crippen LogP contribution in [-0.2, 0) is 11.4 Å². The molecule has 1 aromatic carbocycles. The van der Waals surface area contributed by atoms with E-state index >= 15 is 0 Å². The number of nitrogens with one attached hydrogen (secondary N) is 1. The van der Waals surface area contributed by atoms with Gasteiger partial charge in [-0.3, -0.25) is 4.79 Å². The third-order valence-corrected chi connectivity index (χ3v) is 2.66. The lowest BCUT2D eigenvalue weighted by Gasteiger charge is -2.17. The molecule has 0 radical (unpaired) electrons. The highest BCUT2D eigenvalue weighted by atomic mass is 16.5. The number of benzene rings is 1. The monoisotopic (exact) mass is 267 g/mol. The van der Waals surface area contributed by atoms with E-state index in [1.807, 2.05) is 6.92 Å². The van der Waals surface area contributed by atoms with Crippen molar-refractivity contribution in [2.45, 2.75) is 33.0 Å². The van der Waals surface area contributed by atoms with Crippen LogP contribution in [0.4, 0.5) is 0 Å². The van der Waals surface area contributed by atoms with E-state index in [9.17, 15) is 9.90 Å². The summed E-state index contributed by atoms with van der Waals surface area (Å²) in [5, 5.41) is 12.1. The summed E-state index contributed by atoms with van der Waals surface area (Å²) in [5.74, 6) is 0.962. The van der Waals surface area contributed by atoms with Crippen LogP contribution in [0.15, 0.2) is 18.2 Å². The van der Waals surface area contributed by atoms with Crippen molar-refractivity contribution in [3.05, 3.63) is 23.8 Å². The predicted molar refractivity (Wildman–Crippen MR) is 72.3 cm³/mol. The Bertz CT molecular complexity index is 420. The van der Waals surface area contributed by atoms with Crippen LogP contribution in [0, 0.1) is 0 Å². The number of carbonyl (C=O) groups excluding carboxylic acids is 1. The van der Waals surface area contributed by atoms with Crippen molar-refractivity contribution in [2.75, 3.05) is 13.7 Å². The van der Waals surface area contributed by atoms with Gasteiger partial charge in [-0.05, 0) is 31.5 Å². The lowest BCUT2D eigenvalue weighted by Crippen LogP contribution is -2.36. The molecule has 0 bridgehead atoms. The maximum absolute atomic E-state index is 11.7.